The number of ether oxygens (including phenoxy) is 2. The molecule has 1 N–H and O–H groups in total. The SMILES string of the molecule is C/C(=N/NC(=O)C1COc2ccccc2O1)c1cccc(F)c1. The summed E-state index contributed by atoms with van der Waals surface area (Å²) in [5.41, 5.74) is 3.51. The molecular formula is C17H15FN2O3. The second kappa shape index (κ2) is 6.48. The number of nitrogens with one attached hydrogen (secondary N) is 1. The van der Waals surface area contributed by atoms with E-state index in [0.29, 0.717) is 22.8 Å². The summed E-state index contributed by atoms with van der Waals surface area (Å²) >= 11 is 0. The van der Waals surface area contributed by atoms with Crippen LogP contribution in [0, 0.1) is 5.82 Å². The Hall–Kier alpha value is -2.89. The Morgan fingerprint density at radius 2 is 2.00 bits per heavy atom. The molecule has 1 atom stereocenters. The van der Waals surface area contributed by atoms with E-state index in [1.807, 2.05) is 6.07 Å². The fourth-order valence-electron chi connectivity index (χ4n) is 2.14. The van der Waals surface area contributed by atoms with Gasteiger partial charge in [-0.05, 0) is 31.2 Å². The van der Waals surface area contributed by atoms with Gasteiger partial charge in [0.1, 0.15) is 12.4 Å². The molecular weight excluding hydrogens is 299 g/mol. The van der Waals surface area contributed by atoms with Gasteiger partial charge in [0, 0.05) is 5.56 Å². The van der Waals surface area contributed by atoms with Crippen LogP contribution in [-0.4, -0.2) is 24.3 Å². The predicted octanol–water partition coefficient (Wildman–Crippen LogP) is 2.51. The van der Waals surface area contributed by atoms with Gasteiger partial charge in [0.15, 0.2) is 11.5 Å². The number of fused-ring (bicyclic) bond motifs is 1. The highest BCUT2D eigenvalue weighted by atomic mass is 19.1. The van der Waals surface area contributed by atoms with Crippen LogP contribution in [0.1, 0.15) is 12.5 Å². The lowest BCUT2D eigenvalue weighted by molar-refractivity contribution is -0.130. The number of carbonyl (C=O) groups excluding carboxylic acids is 1. The molecule has 0 spiro atoms. The van der Waals surface area contributed by atoms with Gasteiger partial charge in [-0.2, -0.15) is 5.10 Å². The first-order chi connectivity index (χ1) is 11.1. The van der Waals surface area contributed by atoms with Crippen molar-refractivity contribution in [2.24, 2.45) is 5.10 Å². The lowest BCUT2D eigenvalue weighted by atomic mass is 10.1. The van der Waals surface area contributed by atoms with Crippen molar-refractivity contribution in [3.05, 3.63) is 59.9 Å². The minimum Gasteiger partial charge on any atom is -0.485 e. The zero-order chi connectivity index (χ0) is 16.2. The van der Waals surface area contributed by atoms with Gasteiger partial charge in [0.05, 0.1) is 5.71 Å². The molecule has 1 amide bonds. The van der Waals surface area contributed by atoms with E-state index in [-0.39, 0.29) is 12.4 Å². The van der Waals surface area contributed by atoms with Crippen LogP contribution in [0.5, 0.6) is 11.5 Å². The number of hydrazone groups is 1. The third-order valence-corrected chi connectivity index (χ3v) is 3.38. The molecule has 23 heavy (non-hydrogen) atoms. The number of halogens is 1. The maximum atomic E-state index is 13.2. The number of carbonyl (C=O) groups is 1. The largest absolute Gasteiger partial charge is 0.485 e. The van der Waals surface area contributed by atoms with Crippen LogP contribution in [0.15, 0.2) is 53.6 Å². The fraction of sp³-hybridized carbons (Fsp3) is 0.176. The Labute approximate surface area is 132 Å². The molecule has 6 heteroatoms. The Kier molecular flexibility index (Phi) is 4.23. The minimum atomic E-state index is -0.783. The molecule has 1 aliphatic rings. The van der Waals surface area contributed by atoms with Crippen LogP contribution in [-0.2, 0) is 4.79 Å². The molecule has 0 aromatic heterocycles. The summed E-state index contributed by atoms with van der Waals surface area (Å²) in [6.07, 6.45) is -0.783. The van der Waals surface area contributed by atoms with E-state index in [2.05, 4.69) is 10.5 Å². The van der Waals surface area contributed by atoms with Crippen molar-refractivity contribution >= 4 is 11.6 Å². The molecule has 0 fully saturated rings. The maximum absolute atomic E-state index is 13.2. The van der Waals surface area contributed by atoms with Crippen LogP contribution < -0.4 is 14.9 Å². The number of hydrogen-bond acceptors (Lipinski definition) is 4. The summed E-state index contributed by atoms with van der Waals surface area (Å²) < 4.78 is 24.2. The highest BCUT2D eigenvalue weighted by Gasteiger charge is 2.27. The topological polar surface area (TPSA) is 59.9 Å². The van der Waals surface area contributed by atoms with E-state index in [0.717, 1.165) is 0 Å². The molecule has 5 nitrogen and oxygen atoms in total. The molecule has 0 radical (unpaired) electrons. The minimum absolute atomic E-state index is 0.109. The Morgan fingerprint density at radius 1 is 1.22 bits per heavy atom. The molecule has 3 rings (SSSR count). The zero-order valence-corrected chi connectivity index (χ0v) is 12.5. The van der Waals surface area contributed by atoms with E-state index in [1.165, 1.54) is 12.1 Å². The van der Waals surface area contributed by atoms with Gasteiger partial charge < -0.3 is 9.47 Å². The first-order valence-electron chi connectivity index (χ1n) is 7.12. The molecule has 2 aromatic carbocycles. The van der Waals surface area contributed by atoms with Crippen LogP contribution in [0.25, 0.3) is 0 Å². The van der Waals surface area contributed by atoms with Crippen LogP contribution in [0.2, 0.25) is 0 Å². The molecule has 2 aromatic rings. The molecule has 1 heterocycles. The van der Waals surface area contributed by atoms with Crippen LogP contribution in [0.3, 0.4) is 0 Å². The molecule has 0 saturated heterocycles. The van der Waals surface area contributed by atoms with Crippen molar-refractivity contribution in [1.29, 1.82) is 0 Å². The molecule has 1 aliphatic heterocycles. The Bertz CT molecular complexity index is 761. The molecule has 0 aliphatic carbocycles. The third-order valence-electron chi connectivity index (χ3n) is 3.38. The number of nitrogens with zero attached hydrogens (tertiary/aromatic N) is 1. The van der Waals surface area contributed by atoms with E-state index in [1.54, 1.807) is 37.3 Å². The second-order valence-corrected chi connectivity index (χ2v) is 5.05. The Morgan fingerprint density at radius 3 is 2.78 bits per heavy atom. The van der Waals surface area contributed by atoms with E-state index < -0.39 is 12.0 Å². The van der Waals surface area contributed by atoms with Gasteiger partial charge >= 0.3 is 0 Å². The predicted molar refractivity (Wildman–Crippen MR) is 83.1 cm³/mol. The van der Waals surface area contributed by atoms with E-state index in [4.69, 9.17) is 9.47 Å². The molecule has 1 unspecified atom stereocenters. The first kappa shape index (κ1) is 15.0. The summed E-state index contributed by atoms with van der Waals surface area (Å²) in [7, 11) is 0. The fourth-order valence-corrected chi connectivity index (χ4v) is 2.14. The monoisotopic (exact) mass is 314 g/mol. The summed E-state index contributed by atoms with van der Waals surface area (Å²) in [6.45, 7) is 1.79. The van der Waals surface area contributed by atoms with E-state index in [9.17, 15) is 9.18 Å². The summed E-state index contributed by atoms with van der Waals surface area (Å²) in [5.74, 6) is 0.347. The summed E-state index contributed by atoms with van der Waals surface area (Å²) in [6, 6.07) is 13.1. The van der Waals surface area contributed by atoms with E-state index >= 15 is 0 Å². The lowest BCUT2D eigenvalue weighted by Crippen LogP contribution is -2.42. The third kappa shape index (κ3) is 3.48. The normalized spacial score (nSPS) is 16.8. The number of rotatable bonds is 3. The second-order valence-electron chi connectivity index (χ2n) is 5.05. The van der Waals surface area contributed by atoms with Gasteiger partial charge in [-0.15, -0.1) is 0 Å². The highest BCUT2D eigenvalue weighted by molar-refractivity contribution is 5.99. The maximum Gasteiger partial charge on any atom is 0.284 e. The smallest absolute Gasteiger partial charge is 0.284 e. The standard InChI is InChI=1S/C17H15FN2O3/c1-11(12-5-4-6-13(18)9-12)19-20-17(21)16-10-22-14-7-2-3-8-15(14)23-16/h2-9,16H,10H2,1H3,(H,20,21)/b19-11-. The number of hydrogen-bond donors (Lipinski definition) is 1. The van der Waals surface area contributed by atoms with Gasteiger partial charge in [-0.25, -0.2) is 9.82 Å². The van der Waals surface area contributed by atoms with Crippen molar-refractivity contribution in [2.75, 3.05) is 6.61 Å². The quantitative estimate of drug-likeness (QED) is 0.699. The average Bonchev–Trinajstić information content (AvgIpc) is 2.59. The highest BCUT2D eigenvalue weighted by Crippen LogP contribution is 2.30. The summed E-state index contributed by atoms with van der Waals surface area (Å²) in [4.78, 5) is 12.1. The lowest BCUT2D eigenvalue weighted by Gasteiger charge is -2.24. The van der Waals surface area contributed by atoms with Gasteiger partial charge in [-0.3, -0.25) is 4.79 Å². The zero-order valence-electron chi connectivity index (χ0n) is 12.5. The van der Waals surface area contributed by atoms with Crippen LogP contribution in [0.4, 0.5) is 4.39 Å². The van der Waals surface area contributed by atoms with Crippen molar-refractivity contribution in [3.8, 4) is 11.5 Å². The molecule has 0 saturated carbocycles. The first-order valence-corrected chi connectivity index (χ1v) is 7.12. The molecule has 0 bridgehead atoms. The van der Waals surface area contributed by atoms with Crippen molar-refractivity contribution in [2.45, 2.75) is 13.0 Å². The van der Waals surface area contributed by atoms with Gasteiger partial charge in [-0.1, -0.05) is 24.3 Å². The Balaban J connectivity index is 1.65. The molecule has 118 valence electrons. The number of benzene rings is 2. The van der Waals surface area contributed by atoms with Crippen molar-refractivity contribution < 1.29 is 18.7 Å². The summed E-state index contributed by atoms with van der Waals surface area (Å²) in [5, 5.41) is 3.98. The van der Waals surface area contributed by atoms with Gasteiger partial charge in [0.25, 0.3) is 5.91 Å². The van der Waals surface area contributed by atoms with Crippen molar-refractivity contribution in [1.82, 2.24) is 5.43 Å². The van der Waals surface area contributed by atoms with Crippen molar-refractivity contribution in [3.63, 3.8) is 0 Å². The van der Waals surface area contributed by atoms with Crippen LogP contribution >= 0.6 is 0 Å². The number of amides is 1. The van der Waals surface area contributed by atoms with Gasteiger partial charge in [0.2, 0.25) is 6.10 Å². The average molecular weight is 314 g/mol. The number of para-hydroxylation sites is 2.